The Bertz CT molecular complexity index is 708. The average Bonchev–Trinajstić information content (AvgIpc) is 2.46. The molecule has 0 atom stereocenters. The van der Waals surface area contributed by atoms with Gasteiger partial charge in [-0.1, -0.05) is 12.0 Å². The van der Waals surface area contributed by atoms with Gasteiger partial charge >= 0.3 is 0 Å². The number of fused-ring (bicyclic) bond motifs is 1. The van der Waals surface area contributed by atoms with E-state index in [0.717, 1.165) is 42.5 Å². The number of aromatic nitrogens is 2. The van der Waals surface area contributed by atoms with Crippen molar-refractivity contribution in [2.75, 3.05) is 0 Å². The van der Waals surface area contributed by atoms with E-state index < -0.39 is 0 Å². The van der Waals surface area contributed by atoms with Gasteiger partial charge in [-0.05, 0) is 37.3 Å². The van der Waals surface area contributed by atoms with Gasteiger partial charge in [0.15, 0.2) is 0 Å². The largest absolute Gasteiger partial charge is 0.325 e. The van der Waals surface area contributed by atoms with Crippen molar-refractivity contribution in [1.29, 1.82) is 0 Å². The molecule has 3 nitrogen and oxygen atoms in total. The molecule has 3 rings (SSSR count). The van der Waals surface area contributed by atoms with Crippen LogP contribution in [0.15, 0.2) is 29.3 Å². The molecule has 2 heterocycles. The lowest BCUT2D eigenvalue weighted by Crippen LogP contribution is -2.20. The normalized spacial score (nSPS) is 13.6. The number of aryl methyl sites for hydroxylation is 1. The van der Waals surface area contributed by atoms with E-state index in [1.54, 1.807) is 12.4 Å². The second-order valence-corrected chi connectivity index (χ2v) is 4.75. The fourth-order valence-electron chi connectivity index (χ4n) is 2.75. The van der Waals surface area contributed by atoms with Crippen LogP contribution in [0.1, 0.15) is 29.7 Å². The molecule has 0 bridgehead atoms. The molecular weight excluding hydrogens is 236 g/mol. The third kappa shape index (κ3) is 1.96. The summed E-state index contributed by atoms with van der Waals surface area (Å²) in [5.74, 6) is 2.54. The number of terminal acetylenes is 1. The van der Waals surface area contributed by atoms with E-state index >= 15 is 0 Å². The predicted octanol–water partition coefficient (Wildman–Crippen LogP) is 2.30. The zero-order valence-corrected chi connectivity index (χ0v) is 10.6. The van der Waals surface area contributed by atoms with Gasteiger partial charge < -0.3 is 4.98 Å². The van der Waals surface area contributed by atoms with Crippen LogP contribution in [0, 0.1) is 12.3 Å². The van der Waals surface area contributed by atoms with Crippen molar-refractivity contribution < 1.29 is 0 Å². The quantitative estimate of drug-likeness (QED) is 0.789. The maximum absolute atomic E-state index is 12.1. The van der Waals surface area contributed by atoms with Gasteiger partial charge in [0.2, 0.25) is 0 Å². The molecule has 0 saturated carbocycles. The van der Waals surface area contributed by atoms with Crippen molar-refractivity contribution in [2.45, 2.75) is 25.7 Å². The van der Waals surface area contributed by atoms with E-state index in [2.05, 4.69) is 15.9 Å². The summed E-state index contributed by atoms with van der Waals surface area (Å²) in [6.07, 6.45) is 13.2. The lowest BCUT2D eigenvalue weighted by molar-refractivity contribution is 0.666. The Balaban J connectivity index is 2.36. The molecule has 94 valence electrons. The first-order valence-electron chi connectivity index (χ1n) is 6.46. The molecule has 0 aromatic carbocycles. The van der Waals surface area contributed by atoms with Gasteiger partial charge in [0, 0.05) is 29.2 Å². The van der Waals surface area contributed by atoms with Gasteiger partial charge in [-0.25, -0.2) is 0 Å². The zero-order valence-electron chi connectivity index (χ0n) is 10.6. The number of pyridine rings is 2. The van der Waals surface area contributed by atoms with Crippen molar-refractivity contribution in [3.8, 4) is 23.5 Å². The molecule has 3 heteroatoms. The first-order valence-corrected chi connectivity index (χ1v) is 6.46. The van der Waals surface area contributed by atoms with Gasteiger partial charge in [-0.2, -0.15) is 0 Å². The summed E-state index contributed by atoms with van der Waals surface area (Å²) in [4.78, 5) is 19.2. The number of nitrogens with zero attached hydrogens (tertiary/aromatic N) is 1. The standard InChI is InChI=1S/C16H14N2O/c1-2-12-15(11-6-5-9-17-10-11)13-7-3-4-8-14(13)18-16(12)19/h1,5-6,9-10H,3-4,7-8H2,(H,18,19). The fourth-order valence-corrected chi connectivity index (χ4v) is 2.75. The van der Waals surface area contributed by atoms with E-state index in [1.807, 2.05) is 12.1 Å². The maximum Gasteiger partial charge on any atom is 0.264 e. The molecule has 0 spiro atoms. The summed E-state index contributed by atoms with van der Waals surface area (Å²) in [6, 6.07) is 3.82. The molecule has 2 aromatic heterocycles. The molecule has 0 unspecified atom stereocenters. The van der Waals surface area contributed by atoms with Crippen LogP contribution in [0.5, 0.6) is 0 Å². The average molecular weight is 250 g/mol. The van der Waals surface area contributed by atoms with Crippen molar-refractivity contribution in [3.05, 3.63) is 51.7 Å². The summed E-state index contributed by atoms with van der Waals surface area (Å²) in [7, 11) is 0. The molecular formula is C16H14N2O. The summed E-state index contributed by atoms with van der Waals surface area (Å²) < 4.78 is 0. The highest BCUT2D eigenvalue weighted by molar-refractivity contribution is 5.74. The van der Waals surface area contributed by atoms with Gasteiger partial charge in [-0.15, -0.1) is 6.42 Å². The molecule has 0 saturated heterocycles. The molecule has 0 fully saturated rings. The van der Waals surface area contributed by atoms with Gasteiger partial charge in [-0.3, -0.25) is 9.78 Å². The Morgan fingerprint density at radius 1 is 1.32 bits per heavy atom. The third-order valence-corrected chi connectivity index (χ3v) is 3.61. The Morgan fingerprint density at radius 3 is 2.89 bits per heavy atom. The number of H-pyrrole nitrogens is 1. The van der Waals surface area contributed by atoms with Crippen LogP contribution in [0.3, 0.4) is 0 Å². The summed E-state index contributed by atoms with van der Waals surface area (Å²) >= 11 is 0. The number of hydrogen-bond donors (Lipinski definition) is 1. The smallest absolute Gasteiger partial charge is 0.264 e. The number of aromatic amines is 1. The minimum Gasteiger partial charge on any atom is -0.325 e. The Morgan fingerprint density at radius 2 is 2.16 bits per heavy atom. The monoisotopic (exact) mass is 250 g/mol. The zero-order chi connectivity index (χ0) is 13.2. The van der Waals surface area contributed by atoms with Crippen molar-refractivity contribution >= 4 is 0 Å². The second-order valence-electron chi connectivity index (χ2n) is 4.75. The number of hydrogen-bond acceptors (Lipinski definition) is 2. The van der Waals surface area contributed by atoms with Gasteiger partial charge in [0.05, 0.1) is 5.56 Å². The molecule has 0 radical (unpaired) electrons. The lowest BCUT2D eigenvalue weighted by Gasteiger charge is -2.20. The van der Waals surface area contributed by atoms with Crippen LogP contribution in [0.4, 0.5) is 0 Å². The molecule has 1 N–H and O–H groups in total. The summed E-state index contributed by atoms with van der Waals surface area (Å²) in [6.45, 7) is 0. The van der Waals surface area contributed by atoms with E-state index in [0.29, 0.717) is 5.56 Å². The van der Waals surface area contributed by atoms with Crippen LogP contribution in [0.25, 0.3) is 11.1 Å². The van der Waals surface area contributed by atoms with Gasteiger partial charge in [0.25, 0.3) is 5.56 Å². The van der Waals surface area contributed by atoms with E-state index in [4.69, 9.17) is 6.42 Å². The van der Waals surface area contributed by atoms with Crippen LogP contribution in [-0.4, -0.2) is 9.97 Å². The molecule has 0 amide bonds. The van der Waals surface area contributed by atoms with E-state index in [9.17, 15) is 4.79 Å². The van der Waals surface area contributed by atoms with Crippen molar-refractivity contribution in [3.63, 3.8) is 0 Å². The fraction of sp³-hybridized carbons (Fsp3) is 0.250. The van der Waals surface area contributed by atoms with Gasteiger partial charge in [0.1, 0.15) is 0 Å². The number of nitrogens with one attached hydrogen (secondary N) is 1. The molecule has 19 heavy (non-hydrogen) atoms. The van der Waals surface area contributed by atoms with Crippen LogP contribution in [-0.2, 0) is 12.8 Å². The molecule has 0 aliphatic heterocycles. The SMILES string of the molecule is C#Cc1c(-c2cccnc2)c2c([nH]c1=O)CCCC2. The summed E-state index contributed by atoms with van der Waals surface area (Å²) in [5, 5.41) is 0. The maximum atomic E-state index is 12.1. The third-order valence-electron chi connectivity index (χ3n) is 3.61. The van der Waals surface area contributed by atoms with Crippen LogP contribution >= 0.6 is 0 Å². The molecule has 2 aromatic rings. The highest BCUT2D eigenvalue weighted by atomic mass is 16.1. The van der Waals surface area contributed by atoms with E-state index in [-0.39, 0.29) is 5.56 Å². The minimum atomic E-state index is -0.165. The lowest BCUT2D eigenvalue weighted by atomic mass is 9.87. The topological polar surface area (TPSA) is 45.8 Å². The van der Waals surface area contributed by atoms with Crippen molar-refractivity contribution in [2.24, 2.45) is 0 Å². The van der Waals surface area contributed by atoms with Crippen LogP contribution < -0.4 is 5.56 Å². The summed E-state index contributed by atoms with van der Waals surface area (Å²) in [5.41, 5.74) is 4.31. The Labute approximate surface area is 111 Å². The molecule has 1 aliphatic carbocycles. The first-order chi connectivity index (χ1) is 9.31. The molecule has 1 aliphatic rings. The minimum absolute atomic E-state index is 0.165. The van der Waals surface area contributed by atoms with Crippen LogP contribution in [0.2, 0.25) is 0 Å². The first kappa shape index (κ1) is 11.7. The Kier molecular flexibility index (Phi) is 2.92. The predicted molar refractivity (Wildman–Crippen MR) is 74.9 cm³/mol. The van der Waals surface area contributed by atoms with Crippen molar-refractivity contribution in [1.82, 2.24) is 9.97 Å². The highest BCUT2D eigenvalue weighted by Crippen LogP contribution is 2.31. The second kappa shape index (κ2) is 4.74. The van der Waals surface area contributed by atoms with E-state index in [1.165, 1.54) is 5.56 Å². The number of rotatable bonds is 1. The Hall–Kier alpha value is -2.34. The highest BCUT2D eigenvalue weighted by Gasteiger charge is 2.20.